The third-order valence-electron chi connectivity index (χ3n) is 5.67. The molecule has 2 fully saturated rings. The topological polar surface area (TPSA) is 50.3 Å². The summed E-state index contributed by atoms with van der Waals surface area (Å²) in [5.74, 6) is 0.549. The van der Waals surface area contributed by atoms with Crippen molar-refractivity contribution in [1.82, 2.24) is 14.9 Å². The monoisotopic (exact) mass is 356 g/mol. The first kappa shape index (κ1) is 17.4. The van der Waals surface area contributed by atoms with Crippen LogP contribution in [0.1, 0.15) is 24.8 Å². The van der Waals surface area contributed by atoms with Crippen LogP contribution in [0.4, 0.5) is 10.3 Å². The Balaban J connectivity index is 1.40. The maximum Gasteiger partial charge on any atom is 0.222 e. The number of nitrogens with one attached hydrogen (secondary N) is 1. The molecule has 2 aliphatic heterocycles. The van der Waals surface area contributed by atoms with Crippen LogP contribution in [0, 0.1) is 11.2 Å². The number of benzene rings is 1. The van der Waals surface area contributed by atoms with E-state index in [2.05, 4.69) is 20.2 Å². The second kappa shape index (κ2) is 7.68. The fourth-order valence-corrected chi connectivity index (χ4v) is 4.32. The highest BCUT2D eigenvalue weighted by molar-refractivity contribution is 5.22. The van der Waals surface area contributed by atoms with E-state index < -0.39 is 0 Å². The Kier molecular flexibility index (Phi) is 5.13. The minimum Gasteiger partial charge on any atom is -0.378 e. The third-order valence-corrected chi connectivity index (χ3v) is 5.67. The van der Waals surface area contributed by atoms with E-state index in [1.165, 1.54) is 0 Å². The summed E-state index contributed by atoms with van der Waals surface area (Å²) >= 11 is 0. The molecule has 5 nitrogen and oxygen atoms in total. The molecule has 0 unspecified atom stereocenters. The van der Waals surface area contributed by atoms with E-state index in [-0.39, 0.29) is 11.2 Å². The van der Waals surface area contributed by atoms with E-state index in [1.54, 1.807) is 24.5 Å². The first-order valence-electron chi connectivity index (χ1n) is 9.33. The highest BCUT2D eigenvalue weighted by Gasteiger charge is 2.47. The Morgan fingerprint density at radius 2 is 2.08 bits per heavy atom. The fraction of sp³-hybridized carbons (Fsp3) is 0.500. The van der Waals surface area contributed by atoms with Crippen LogP contribution < -0.4 is 5.32 Å². The molecule has 1 aromatic carbocycles. The van der Waals surface area contributed by atoms with E-state index in [9.17, 15) is 4.39 Å². The summed E-state index contributed by atoms with van der Waals surface area (Å²) in [6.07, 6.45) is 6.86. The van der Waals surface area contributed by atoms with Gasteiger partial charge in [0.25, 0.3) is 0 Å². The molecule has 3 heterocycles. The quantitative estimate of drug-likeness (QED) is 0.862. The van der Waals surface area contributed by atoms with Gasteiger partial charge in [-0.2, -0.15) is 0 Å². The highest BCUT2D eigenvalue weighted by Crippen LogP contribution is 2.43. The standard InChI is InChI=1S/C20H25FN4O/c21-17-5-2-1-4-16(17)14-25-12-6-18-20(15-25,8-13-26-18)7-11-24-19-22-9-3-10-23-19/h1-5,9-10,18H,6-8,11-15H2,(H,22,23,24)/t18-,20+/m0/s1. The van der Waals surface area contributed by atoms with Gasteiger partial charge in [0.15, 0.2) is 0 Å². The summed E-state index contributed by atoms with van der Waals surface area (Å²) in [5.41, 5.74) is 0.904. The number of aromatic nitrogens is 2. The highest BCUT2D eigenvalue weighted by atomic mass is 19.1. The predicted octanol–water partition coefficient (Wildman–Crippen LogP) is 3.10. The second-order valence-electron chi connectivity index (χ2n) is 7.31. The Morgan fingerprint density at radius 1 is 1.23 bits per heavy atom. The number of fused-ring (bicyclic) bond motifs is 1. The van der Waals surface area contributed by atoms with Gasteiger partial charge in [0.1, 0.15) is 5.82 Å². The zero-order valence-corrected chi connectivity index (χ0v) is 14.9. The van der Waals surface area contributed by atoms with Crippen LogP contribution in [0.2, 0.25) is 0 Å². The number of ether oxygens (including phenoxy) is 1. The molecule has 26 heavy (non-hydrogen) atoms. The first-order valence-corrected chi connectivity index (χ1v) is 9.33. The second-order valence-corrected chi connectivity index (χ2v) is 7.31. The van der Waals surface area contributed by atoms with Gasteiger partial charge in [-0.05, 0) is 31.4 Å². The van der Waals surface area contributed by atoms with Crippen molar-refractivity contribution < 1.29 is 9.13 Å². The molecule has 0 bridgehead atoms. The van der Waals surface area contributed by atoms with E-state index in [1.807, 2.05) is 18.2 Å². The predicted molar refractivity (Wildman–Crippen MR) is 98.2 cm³/mol. The Bertz CT molecular complexity index is 729. The molecule has 0 spiro atoms. The van der Waals surface area contributed by atoms with Gasteiger partial charge in [-0.15, -0.1) is 0 Å². The molecule has 0 radical (unpaired) electrons. The number of likely N-dealkylation sites (tertiary alicyclic amines) is 1. The van der Waals surface area contributed by atoms with Gasteiger partial charge >= 0.3 is 0 Å². The van der Waals surface area contributed by atoms with Crippen molar-refractivity contribution in [1.29, 1.82) is 0 Å². The third kappa shape index (κ3) is 3.71. The van der Waals surface area contributed by atoms with E-state index >= 15 is 0 Å². The number of hydrogen-bond acceptors (Lipinski definition) is 5. The van der Waals surface area contributed by atoms with Crippen LogP contribution in [-0.4, -0.2) is 47.2 Å². The van der Waals surface area contributed by atoms with Crippen LogP contribution >= 0.6 is 0 Å². The minimum absolute atomic E-state index is 0.116. The average molecular weight is 356 g/mol. The van der Waals surface area contributed by atoms with Crippen LogP contribution in [0.25, 0.3) is 0 Å². The largest absolute Gasteiger partial charge is 0.378 e. The van der Waals surface area contributed by atoms with Crippen LogP contribution in [0.3, 0.4) is 0 Å². The van der Waals surface area contributed by atoms with Gasteiger partial charge in [-0.25, -0.2) is 14.4 Å². The van der Waals surface area contributed by atoms with Crippen molar-refractivity contribution in [3.8, 4) is 0 Å². The summed E-state index contributed by atoms with van der Waals surface area (Å²) in [4.78, 5) is 10.8. The van der Waals surface area contributed by atoms with Crippen molar-refractivity contribution in [2.24, 2.45) is 5.41 Å². The van der Waals surface area contributed by atoms with Gasteiger partial charge in [0, 0.05) is 56.2 Å². The molecule has 0 amide bonds. The SMILES string of the molecule is Fc1ccccc1CN1CC[C@@H]2OCC[C@]2(CCNc2ncccn2)C1. The Morgan fingerprint density at radius 3 is 2.92 bits per heavy atom. The zero-order chi connectivity index (χ0) is 17.8. The molecule has 1 aromatic heterocycles. The van der Waals surface area contributed by atoms with Crippen LogP contribution in [-0.2, 0) is 11.3 Å². The van der Waals surface area contributed by atoms with Crippen molar-refractivity contribution in [3.63, 3.8) is 0 Å². The van der Waals surface area contributed by atoms with Gasteiger partial charge in [0.05, 0.1) is 6.10 Å². The van der Waals surface area contributed by atoms with Gasteiger partial charge in [-0.1, -0.05) is 18.2 Å². The van der Waals surface area contributed by atoms with E-state index in [0.29, 0.717) is 18.6 Å². The number of piperidine rings is 1. The molecule has 2 aromatic rings. The normalized spacial score (nSPS) is 25.8. The average Bonchev–Trinajstić information content (AvgIpc) is 3.08. The molecule has 2 aliphatic rings. The van der Waals surface area contributed by atoms with E-state index in [0.717, 1.165) is 51.1 Å². The number of nitrogens with zero attached hydrogens (tertiary/aromatic N) is 3. The number of hydrogen-bond donors (Lipinski definition) is 1. The zero-order valence-electron chi connectivity index (χ0n) is 14.9. The lowest BCUT2D eigenvalue weighted by molar-refractivity contribution is -0.0230. The lowest BCUT2D eigenvalue weighted by Crippen LogP contribution is -2.50. The molecule has 4 rings (SSSR count). The van der Waals surface area contributed by atoms with E-state index in [4.69, 9.17) is 4.74 Å². The molecule has 2 atom stereocenters. The molecular formula is C20H25FN4O. The Labute approximate surface area is 153 Å². The summed E-state index contributed by atoms with van der Waals surface area (Å²) in [5, 5.41) is 3.32. The maximum atomic E-state index is 14.0. The minimum atomic E-state index is -0.116. The summed E-state index contributed by atoms with van der Waals surface area (Å²) in [6, 6.07) is 8.89. The lowest BCUT2D eigenvalue weighted by atomic mass is 9.74. The number of rotatable bonds is 6. The molecule has 6 heteroatoms. The fourth-order valence-electron chi connectivity index (χ4n) is 4.32. The summed E-state index contributed by atoms with van der Waals surface area (Å²) in [7, 11) is 0. The lowest BCUT2D eigenvalue weighted by Gasteiger charge is -2.44. The Hall–Kier alpha value is -2.05. The van der Waals surface area contributed by atoms with Crippen molar-refractivity contribution in [3.05, 3.63) is 54.1 Å². The van der Waals surface area contributed by atoms with Gasteiger partial charge in [-0.3, -0.25) is 4.90 Å². The smallest absolute Gasteiger partial charge is 0.222 e. The number of halogens is 1. The van der Waals surface area contributed by atoms with Crippen molar-refractivity contribution in [2.75, 3.05) is 31.6 Å². The van der Waals surface area contributed by atoms with Gasteiger partial charge < -0.3 is 10.1 Å². The molecule has 0 aliphatic carbocycles. The van der Waals surface area contributed by atoms with Crippen molar-refractivity contribution >= 4 is 5.95 Å². The van der Waals surface area contributed by atoms with Crippen molar-refractivity contribution in [2.45, 2.75) is 31.9 Å². The maximum absolute atomic E-state index is 14.0. The summed E-state index contributed by atoms with van der Waals surface area (Å²) < 4.78 is 20.0. The number of anilines is 1. The van der Waals surface area contributed by atoms with Crippen LogP contribution in [0.5, 0.6) is 0 Å². The molecule has 1 N–H and O–H groups in total. The summed E-state index contributed by atoms with van der Waals surface area (Å²) in [6.45, 7) is 4.20. The van der Waals surface area contributed by atoms with Crippen LogP contribution in [0.15, 0.2) is 42.7 Å². The molecule has 138 valence electrons. The first-order chi connectivity index (χ1) is 12.8. The van der Waals surface area contributed by atoms with Gasteiger partial charge in [0.2, 0.25) is 5.95 Å². The molecule has 2 saturated heterocycles. The molecular weight excluding hydrogens is 331 g/mol. The molecule has 0 saturated carbocycles.